The van der Waals surface area contributed by atoms with Crippen LogP contribution in [-0.2, 0) is 0 Å². The third kappa shape index (κ3) is 2.78. The summed E-state index contributed by atoms with van der Waals surface area (Å²) in [6, 6.07) is 6.78. The van der Waals surface area contributed by atoms with E-state index in [-0.39, 0.29) is 0 Å². The van der Waals surface area contributed by atoms with E-state index in [0.29, 0.717) is 40.9 Å². The largest absolute Gasteiger partial charge is 0.486 e. The Kier molecular flexibility index (Phi) is 3.91. The zero-order valence-electron chi connectivity index (χ0n) is 10.7. The van der Waals surface area contributed by atoms with Crippen molar-refractivity contribution in [2.75, 3.05) is 13.2 Å². The minimum atomic E-state index is -0.952. The van der Waals surface area contributed by atoms with Crippen molar-refractivity contribution < 1.29 is 18.3 Å². The molecule has 0 saturated carbocycles. The van der Waals surface area contributed by atoms with Gasteiger partial charge in [0.25, 0.3) is 0 Å². The molecular weight excluding hydrogens is 321 g/mol. The van der Waals surface area contributed by atoms with Crippen molar-refractivity contribution in [3.8, 4) is 11.5 Å². The normalized spacial score (nSPS) is 14.9. The first kappa shape index (κ1) is 14.4. The second kappa shape index (κ2) is 5.70. The van der Waals surface area contributed by atoms with Crippen LogP contribution in [0.15, 0.2) is 30.3 Å². The van der Waals surface area contributed by atoms with Crippen LogP contribution >= 0.6 is 23.2 Å². The van der Waals surface area contributed by atoms with Gasteiger partial charge in [-0.15, -0.1) is 11.6 Å². The Labute approximate surface area is 130 Å². The summed E-state index contributed by atoms with van der Waals surface area (Å²) >= 11 is 12.5. The average molecular weight is 331 g/mol. The van der Waals surface area contributed by atoms with Crippen LogP contribution in [0.3, 0.4) is 0 Å². The molecule has 2 aromatic carbocycles. The summed E-state index contributed by atoms with van der Waals surface area (Å²) < 4.78 is 37.2. The van der Waals surface area contributed by atoms with Crippen LogP contribution in [0.4, 0.5) is 8.78 Å². The summed E-state index contributed by atoms with van der Waals surface area (Å²) in [5, 5.41) is -0.340. The Bertz CT molecular complexity index is 692. The Morgan fingerprint density at radius 2 is 1.62 bits per heavy atom. The van der Waals surface area contributed by atoms with E-state index in [1.807, 2.05) is 0 Å². The molecule has 0 radical (unpaired) electrons. The average Bonchev–Trinajstić information content (AvgIpc) is 2.48. The lowest BCUT2D eigenvalue weighted by atomic mass is 10.0. The highest BCUT2D eigenvalue weighted by Crippen LogP contribution is 2.41. The van der Waals surface area contributed by atoms with Crippen molar-refractivity contribution in [3.63, 3.8) is 0 Å². The van der Waals surface area contributed by atoms with Gasteiger partial charge in [0.2, 0.25) is 0 Å². The second-order valence-electron chi connectivity index (χ2n) is 4.55. The van der Waals surface area contributed by atoms with Crippen molar-refractivity contribution in [1.82, 2.24) is 0 Å². The number of ether oxygens (including phenoxy) is 2. The number of fused-ring (bicyclic) bond motifs is 1. The van der Waals surface area contributed by atoms with E-state index in [1.54, 1.807) is 12.1 Å². The van der Waals surface area contributed by atoms with Gasteiger partial charge < -0.3 is 9.47 Å². The first-order valence-electron chi connectivity index (χ1n) is 6.24. The molecule has 6 heteroatoms. The first-order valence-corrected chi connectivity index (χ1v) is 7.06. The van der Waals surface area contributed by atoms with Gasteiger partial charge in [-0.3, -0.25) is 0 Å². The molecule has 0 spiro atoms. The summed E-state index contributed by atoms with van der Waals surface area (Å²) in [7, 11) is 0. The van der Waals surface area contributed by atoms with E-state index >= 15 is 0 Å². The van der Waals surface area contributed by atoms with Gasteiger partial charge in [-0.25, -0.2) is 8.78 Å². The monoisotopic (exact) mass is 330 g/mol. The second-order valence-corrected chi connectivity index (χ2v) is 5.40. The molecule has 2 nitrogen and oxygen atoms in total. The molecule has 1 aliphatic rings. The number of hydrogen-bond donors (Lipinski definition) is 0. The highest BCUT2D eigenvalue weighted by Gasteiger charge is 2.21. The lowest BCUT2D eigenvalue weighted by Gasteiger charge is -2.21. The van der Waals surface area contributed by atoms with E-state index in [4.69, 9.17) is 32.7 Å². The third-order valence-electron chi connectivity index (χ3n) is 3.17. The molecule has 110 valence electrons. The summed E-state index contributed by atoms with van der Waals surface area (Å²) in [6.07, 6.45) is 0. The molecule has 1 aliphatic heterocycles. The summed E-state index contributed by atoms with van der Waals surface area (Å²) in [6.45, 7) is 0.891. The summed E-state index contributed by atoms with van der Waals surface area (Å²) in [5.41, 5.74) is 0.961. The van der Waals surface area contributed by atoms with Crippen LogP contribution in [0, 0.1) is 11.6 Å². The molecule has 1 atom stereocenters. The van der Waals surface area contributed by atoms with Crippen LogP contribution in [0.5, 0.6) is 11.5 Å². The van der Waals surface area contributed by atoms with E-state index in [0.717, 1.165) is 12.1 Å². The zero-order chi connectivity index (χ0) is 15.0. The summed E-state index contributed by atoms with van der Waals surface area (Å²) in [4.78, 5) is 0. The minimum Gasteiger partial charge on any atom is -0.486 e. The van der Waals surface area contributed by atoms with E-state index in [9.17, 15) is 8.78 Å². The van der Waals surface area contributed by atoms with Crippen LogP contribution in [0.25, 0.3) is 0 Å². The summed E-state index contributed by atoms with van der Waals surface area (Å²) in [5.74, 6) is -0.791. The van der Waals surface area contributed by atoms with Gasteiger partial charge in [0, 0.05) is 11.1 Å². The standard InChI is InChI=1S/C15H10Cl2F2O2/c16-10-7-14-13(20-3-4-21-14)6-9(10)15(17)8-1-2-11(18)12(19)5-8/h1-2,5-7,15H,3-4H2. The molecule has 1 unspecified atom stereocenters. The zero-order valence-corrected chi connectivity index (χ0v) is 12.2. The molecule has 1 heterocycles. The molecule has 0 aromatic heterocycles. The molecular formula is C15H10Cl2F2O2. The molecule has 21 heavy (non-hydrogen) atoms. The highest BCUT2D eigenvalue weighted by atomic mass is 35.5. The number of benzene rings is 2. The minimum absolute atomic E-state index is 0.379. The van der Waals surface area contributed by atoms with Crippen LogP contribution < -0.4 is 9.47 Å². The lowest BCUT2D eigenvalue weighted by molar-refractivity contribution is 0.171. The van der Waals surface area contributed by atoms with Gasteiger partial charge in [-0.05, 0) is 29.3 Å². The molecule has 2 aromatic rings. The number of rotatable bonds is 2. The fourth-order valence-corrected chi connectivity index (χ4v) is 2.76. The maximum Gasteiger partial charge on any atom is 0.162 e. The molecule has 0 fully saturated rings. The number of hydrogen-bond acceptors (Lipinski definition) is 2. The fraction of sp³-hybridized carbons (Fsp3) is 0.200. The van der Waals surface area contributed by atoms with Crippen molar-refractivity contribution >= 4 is 23.2 Å². The molecule has 0 N–H and O–H groups in total. The smallest absolute Gasteiger partial charge is 0.162 e. The topological polar surface area (TPSA) is 18.5 Å². The SMILES string of the molecule is Fc1ccc(C(Cl)c2cc3c(cc2Cl)OCCO3)cc1F. The lowest BCUT2D eigenvalue weighted by Crippen LogP contribution is -2.15. The fourth-order valence-electron chi connectivity index (χ4n) is 2.12. The maximum atomic E-state index is 13.3. The first-order chi connectivity index (χ1) is 10.1. The van der Waals surface area contributed by atoms with Gasteiger partial charge >= 0.3 is 0 Å². The highest BCUT2D eigenvalue weighted by molar-refractivity contribution is 6.33. The van der Waals surface area contributed by atoms with Gasteiger partial charge in [0.05, 0.1) is 5.38 Å². The Morgan fingerprint density at radius 1 is 0.952 bits per heavy atom. The molecule has 0 bridgehead atoms. The molecule has 0 amide bonds. The van der Waals surface area contributed by atoms with E-state index in [2.05, 4.69) is 0 Å². The number of halogens is 4. The molecule has 0 aliphatic carbocycles. The van der Waals surface area contributed by atoms with Crippen LogP contribution in [0.1, 0.15) is 16.5 Å². The van der Waals surface area contributed by atoms with Gasteiger partial charge in [-0.1, -0.05) is 17.7 Å². The Balaban J connectivity index is 2.00. The van der Waals surface area contributed by atoms with E-state index < -0.39 is 17.0 Å². The van der Waals surface area contributed by atoms with Gasteiger partial charge in [-0.2, -0.15) is 0 Å². The van der Waals surface area contributed by atoms with Gasteiger partial charge in [0.1, 0.15) is 13.2 Å². The Morgan fingerprint density at radius 3 is 2.29 bits per heavy atom. The quantitative estimate of drug-likeness (QED) is 0.742. The van der Waals surface area contributed by atoms with Crippen LogP contribution in [0.2, 0.25) is 5.02 Å². The molecule has 0 saturated heterocycles. The van der Waals surface area contributed by atoms with E-state index in [1.165, 1.54) is 6.07 Å². The van der Waals surface area contributed by atoms with Crippen LogP contribution in [-0.4, -0.2) is 13.2 Å². The van der Waals surface area contributed by atoms with Gasteiger partial charge in [0.15, 0.2) is 23.1 Å². The maximum absolute atomic E-state index is 13.3. The predicted molar refractivity (Wildman–Crippen MR) is 76.5 cm³/mol. The predicted octanol–water partition coefficient (Wildman–Crippen LogP) is 4.72. The van der Waals surface area contributed by atoms with Crippen molar-refractivity contribution in [3.05, 3.63) is 58.1 Å². The third-order valence-corrected chi connectivity index (χ3v) is 3.99. The van der Waals surface area contributed by atoms with Crippen molar-refractivity contribution in [2.45, 2.75) is 5.38 Å². The Hall–Kier alpha value is -1.52. The van der Waals surface area contributed by atoms with Crippen molar-refractivity contribution in [2.24, 2.45) is 0 Å². The number of alkyl halides is 1. The molecule has 3 rings (SSSR count). The van der Waals surface area contributed by atoms with Crippen molar-refractivity contribution in [1.29, 1.82) is 0 Å².